The third-order valence-corrected chi connectivity index (χ3v) is 7.99. The van der Waals surface area contributed by atoms with Gasteiger partial charge in [-0.3, -0.25) is 0 Å². The maximum atomic E-state index is 14.9. The van der Waals surface area contributed by atoms with E-state index in [1.54, 1.807) is 0 Å². The minimum atomic E-state index is -5.56. The average molecular weight is 691 g/mol. The quantitative estimate of drug-likeness (QED) is 0.147. The number of alkyl halides is 7. The van der Waals surface area contributed by atoms with Crippen molar-refractivity contribution in [1.29, 1.82) is 0 Å². The second-order valence-electron chi connectivity index (χ2n) is 11.3. The summed E-state index contributed by atoms with van der Waals surface area (Å²) >= 11 is 0. The summed E-state index contributed by atoms with van der Waals surface area (Å²) in [5.41, 5.74) is -6.52. The Morgan fingerprint density at radius 1 is 0.553 bits per heavy atom. The number of benzene rings is 3. The van der Waals surface area contributed by atoms with E-state index in [0.717, 1.165) is 38.5 Å². The lowest BCUT2D eigenvalue weighted by Crippen LogP contribution is -2.27. The zero-order chi connectivity index (χ0) is 34.9. The Labute approximate surface area is 260 Å². The van der Waals surface area contributed by atoms with Crippen LogP contribution in [-0.2, 0) is 18.4 Å². The zero-order valence-electron chi connectivity index (χ0n) is 24.5. The van der Waals surface area contributed by atoms with Gasteiger partial charge in [-0.1, -0.05) is 32.6 Å². The van der Waals surface area contributed by atoms with Crippen LogP contribution in [0.2, 0.25) is 0 Å². The van der Waals surface area contributed by atoms with Gasteiger partial charge in [-0.15, -0.1) is 0 Å². The average Bonchev–Trinajstić information content (AvgIpc) is 2.90. The van der Waals surface area contributed by atoms with E-state index in [4.69, 9.17) is 0 Å². The number of unbranched alkanes of at least 4 members (excludes halogenated alkanes) is 2. The third kappa shape index (κ3) is 8.26. The molecule has 0 aliphatic heterocycles. The maximum absolute atomic E-state index is 14.9. The highest BCUT2D eigenvalue weighted by Crippen LogP contribution is 2.43. The van der Waals surface area contributed by atoms with Crippen molar-refractivity contribution in [3.63, 3.8) is 0 Å². The predicted molar refractivity (Wildman–Crippen MR) is 142 cm³/mol. The molecule has 258 valence electrons. The molecule has 0 N–H and O–H groups in total. The fraction of sp³-hybridized carbons (Fsp3) is 0.438. The SMILES string of the molecule is CCCCCC1CCC(c2cc(F)c(C(F)(F)Oc3cc(F)c(C(F)(F)Oc4cc(F)c(C(F)(F)F)c(F)c4)c(F)c3)c(F)c2)CC1. The summed E-state index contributed by atoms with van der Waals surface area (Å²) in [5, 5.41) is 0. The van der Waals surface area contributed by atoms with Crippen LogP contribution in [0.15, 0.2) is 36.4 Å². The van der Waals surface area contributed by atoms with E-state index in [1.807, 2.05) is 0 Å². The van der Waals surface area contributed by atoms with Crippen molar-refractivity contribution in [1.82, 2.24) is 0 Å². The molecule has 3 aromatic carbocycles. The van der Waals surface area contributed by atoms with Crippen molar-refractivity contribution < 1.29 is 66.5 Å². The van der Waals surface area contributed by atoms with Crippen LogP contribution < -0.4 is 9.47 Å². The molecular formula is C32H27F13O2. The summed E-state index contributed by atoms with van der Waals surface area (Å²) in [6, 6.07) is 0.379. The largest absolute Gasteiger partial charge is 0.432 e. The molecule has 0 heterocycles. The third-order valence-electron chi connectivity index (χ3n) is 7.99. The Hall–Kier alpha value is -3.65. The molecule has 0 atom stereocenters. The summed E-state index contributed by atoms with van der Waals surface area (Å²) in [5.74, 6) is -15.8. The number of rotatable bonds is 11. The van der Waals surface area contributed by atoms with Crippen molar-refractivity contribution in [2.45, 2.75) is 82.6 Å². The molecular weight excluding hydrogens is 663 g/mol. The molecule has 0 aromatic heterocycles. The van der Waals surface area contributed by atoms with Crippen LogP contribution in [0.3, 0.4) is 0 Å². The molecule has 4 rings (SSSR count). The molecule has 0 spiro atoms. The summed E-state index contributed by atoms with van der Waals surface area (Å²) < 4.78 is 192. The molecule has 1 fully saturated rings. The van der Waals surface area contributed by atoms with Gasteiger partial charge in [0.1, 0.15) is 63.1 Å². The summed E-state index contributed by atoms with van der Waals surface area (Å²) in [7, 11) is 0. The second kappa shape index (κ2) is 13.8. The van der Waals surface area contributed by atoms with Crippen LogP contribution in [0.4, 0.5) is 57.1 Å². The van der Waals surface area contributed by atoms with E-state index >= 15 is 0 Å². The van der Waals surface area contributed by atoms with Crippen molar-refractivity contribution in [2.75, 3.05) is 0 Å². The zero-order valence-corrected chi connectivity index (χ0v) is 24.5. The van der Waals surface area contributed by atoms with E-state index in [1.165, 1.54) is 0 Å². The van der Waals surface area contributed by atoms with Gasteiger partial charge in [0.25, 0.3) is 0 Å². The van der Waals surface area contributed by atoms with E-state index in [-0.39, 0.29) is 35.7 Å². The van der Waals surface area contributed by atoms with Gasteiger partial charge in [0, 0.05) is 24.3 Å². The lowest BCUT2D eigenvalue weighted by Gasteiger charge is -2.29. The standard InChI is InChI=1S/C32H27F13O2/c1-2-3-4-5-16-6-8-17(9-7-16)18-10-21(33)28(22(34)11-18)31(42,43)47-20-14-25(37)29(26(38)15-20)32(44,45)46-19-12-23(35)27(24(36)13-19)30(39,40)41/h10-17H,2-9H2,1H3. The van der Waals surface area contributed by atoms with Crippen LogP contribution in [0.1, 0.15) is 86.5 Å². The molecule has 3 aromatic rings. The van der Waals surface area contributed by atoms with E-state index in [2.05, 4.69) is 16.4 Å². The Bertz CT molecular complexity index is 1510. The van der Waals surface area contributed by atoms with E-state index in [0.29, 0.717) is 30.9 Å². The molecule has 0 saturated heterocycles. The minimum Gasteiger partial charge on any atom is -0.429 e. The Morgan fingerprint density at radius 3 is 1.32 bits per heavy atom. The number of hydrogen-bond acceptors (Lipinski definition) is 2. The first-order chi connectivity index (χ1) is 21.8. The predicted octanol–water partition coefficient (Wildman–Crippen LogP) is 11.7. The van der Waals surface area contributed by atoms with Gasteiger partial charge in [0.2, 0.25) is 0 Å². The summed E-state index contributed by atoms with van der Waals surface area (Å²) in [6.07, 6.45) is -8.62. The molecule has 1 saturated carbocycles. The van der Waals surface area contributed by atoms with E-state index in [9.17, 15) is 57.1 Å². The maximum Gasteiger partial charge on any atom is 0.432 e. The monoisotopic (exact) mass is 690 g/mol. The molecule has 47 heavy (non-hydrogen) atoms. The summed E-state index contributed by atoms with van der Waals surface area (Å²) in [6.45, 7) is 2.08. The van der Waals surface area contributed by atoms with Crippen LogP contribution in [-0.4, -0.2) is 0 Å². The van der Waals surface area contributed by atoms with Gasteiger partial charge in [-0.2, -0.15) is 30.7 Å². The Balaban J connectivity index is 1.52. The van der Waals surface area contributed by atoms with Crippen molar-refractivity contribution >= 4 is 0 Å². The van der Waals surface area contributed by atoms with Gasteiger partial charge in [0.15, 0.2) is 0 Å². The topological polar surface area (TPSA) is 18.5 Å². The van der Waals surface area contributed by atoms with E-state index < -0.39 is 81.5 Å². The van der Waals surface area contributed by atoms with Crippen molar-refractivity contribution in [2.24, 2.45) is 5.92 Å². The first-order valence-electron chi connectivity index (χ1n) is 14.5. The number of hydrogen-bond donors (Lipinski definition) is 0. The Morgan fingerprint density at radius 2 is 0.936 bits per heavy atom. The number of halogens is 13. The van der Waals surface area contributed by atoms with Gasteiger partial charge < -0.3 is 9.47 Å². The highest BCUT2D eigenvalue weighted by molar-refractivity contribution is 5.37. The van der Waals surface area contributed by atoms with Crippen LogP contribution >= 0.6 is 0 Å². The minimum absolute atomic E-state index is 0.142. The molecule has 1 aliphatic rings. The van der Waals surface area contributed by atoms with Gasteiger partial charge in [-0.25, -0.2) is 26.3 Å². The van der Waals surface area contributed by atoms with Gasteiger partial charge in [0.05, 0.1) is 0 Å². The molecule has 0 unspecified atom stereocenters. The number of ether oxygens (including phenoxy) is 2. The molecule has 2 nitrogen and oxygen atoms in total. The lowest BCUT2D eigenvalue weighted by molar-refractivity contribution is -0.191. The van der Waals surface area contributed by atoms with Gasteiger partial charge in [-0.05, 0) is 55.2 Å². The fourth-order valence-corrected chi connectivity index (χ4v) is 5.74. The molecule has 0 bridgehead atoms. The van der Waals surface area contributed by atoms with Crippen molar-refractivity contribution in [3.05, 3.63) is 93.6 Å². The van der Waals surface area contributed by atoms with Crippen LogP contribution in [0, 0.1) is 40.8 Å². The first-order valence-corrected chi connectivity index (χ1v) is 14.5. The molecule has 15 heteroatoms. The molecule has 1 aliphatic carbocycles. The normalized spacial score (nSPS) is 17.6. The molecule has 0 radical (unpaired) electrons. The van der Waals surface area contributed by atoms with Crippen LogP contribution in [0.5, 0.6) is 11.5 Å². The van der Waals surface area contributed by atoms with Crippen LogP contribution in [0.25, 0.3) is 0 Å². The first kappa shape index (κ1) is 36.2. The second-order valence-corrected chi connectivity index (χ2v) is 11.3. The fourth-order valence-electron chi connectivity index (χ4n) is 5.74. The molecule has 0 amide bonds. The Kier molecular flexibility index (Phi) is 10.7. The highest BCUT2D eigenvalue weighted by Gasteiger charge is 2.45. The van der Waals surface area contributed by atoms with Crippen molar-refractivity contribution in [3.8, 4) is 11.5 Å². The summed E-state index contributed by atoms with van der Waals surface area (Å²) in [4.78, 5) is 0. The highest BCUT2D eigenvalue weighted by atomic mass is 19.4. The smallest absolute Gasteiger partial charge is 0.429 e. The van der Waals surface area contributed by atoms with Gasteiger partial charge >= 0.3 is 18.4 Å². The lowest BCUT2D eigenvalue weighted by atomic mass is 9.77.